The van der Waals surface area contributed by atoms with Crippen LogP contribution in [0.25, 0.3) is 0 Å². The highest BCUT2D eigenvalue weighted by Crippen LogP contribution is 2.61. The van der Waals surface area contributed by atoms with E-state index < -0.39 is 0 Å². The van der Waals surface area contributed by atoms with Gasteiger partial charge in [-0.1, -0.05) is 0 Å². The summed E-state index contributed by atoms with van der Waals surface area (Å²) in [6.07, 6.45) is 7.06. The van der Waals surface area contributed by atoms with Gasteiger partial charge in [0.2, 0.25) is 0 Å². The smallest absolute Gasteiger partial charge is 0.0658 e. The Balaban J connectivity index is 1.95. The van der Waals surface area contributed by atoms with Gasteiger partial charge in [0, 0.05) is 0 Å². The number of rotatable bonds is 1. The van der Waals surface area contributed by atoms with E-state index in [9.17, 15) is 5.11 Å². The number of aliphatic hydroxyl groups is 1. The van der Waals surface area contributed by atoms with Crippen LogP contribution in [0.3, 0.4) is 0 Å². The summed E-state index contributed by atoms with van der Waals surface area (Å²) in [5.41, 5.74) is 5.89. The van der Waals surface area contributed by atoms with Crippen LogP contribution in [-0.4, -0.2) is 17.3 Å². The lowest BCUT2D eigenvalue weighted by atomic mass is 9.48. The molecule has 13 heavy (non-hydrogen) atoms. The van der Waals surface area contributed by atoms with Crippen molar-refractivity contribution in [2.45, 2.75) is 44.1 Å². The molecular weight excluding hydrogens is 162 g/mol. The first-order chi connectivity index (χ1) is 6.13. The molecule has 2 unspecified atom stereocenters. The van der Waals surface area contributed by atoms with Crippen LogP contribution in [0.4, 0.5) is 0 Å². The van der Waals surface area contributed by atoms with Crippen molar-refractivity contribution in [1.82, 2.24) is 0 Å². The molecule has 0 amide bonds. The lowest BCUT2D eigenvalue weighted by molar-refractivity contribution is -0.160. The van der Waals surface area contributed by atoms with Crippen molar-refractivity contribution < 1.29 is 5.11 Å². The predicted octanol–water partition coefficient (Wildman–Crippen LogP) is 1.28. The second-order valence-corrected chi connectivity index (χ2v) is 5.89. The van der Waals surface area contributed by atoms with Gasteiger partial charge in [0.05, 0.1) is 5.60 Å². The van der Waals surface area contributed by atoms with Crippen LogP contribution in [0.1, 0.15) is 38.5 Å². The minimum absolute atomic E-state index is 0.316. The number of nitrogens with two attached hydrogens (primary N) is 1. The van der Waals surface area contributed by atoms with Crippen molar-refractivity contribution in [3.05, 3.63) is 0 Å². The van der Waals surface area contributed by atoms with Crippen LogP contribution in [0.15, 0.2) is 0 Å². The van der Waals surface area contributed by atoms with Crippen molar-refractivity contribution >= 4 is 0 Å². The first-order valence-electron chi connectivity index (χ1n) is 5.56. The van der Waals surface area contributed by atoms with E-state index in [1.54, 1.807) is 0 Å². The van der Waals surface area contributed by atoms with Gasteiger partial charge in [0.1, 0.15) is 0 Å². The molecule has 0 radical (unpaired) electrons. The maximum atomic E-state index is 10.3. The molecule has 4 atom stereocenters. The molecular formula is C11H19NO. The van der Waals surface area contributed by atoms with Gasteiger partial charge in [-0.2, -0.15) is 0 Å². The fourth-order valence-electron chi connectivity index (χ4n) is 4.64. The largest absolute Gasteiger partial charge is 0.390 e. The summed E-state index contributed by atoms with van der Waals surface area (Å²) in [7, 11) is 0. The maximum Gasteiger partial charge on any atom is 0.0658 e. The quantitative estimate of drug-likeness (QED) is 0.640. The maximum absolute atomic E-state index is 10.3. The first-order valence-corrected chi connectivity index (χ1v) is 5.56. The Morgan fingerprint density at radius 3 is 2.23 bits per heavy atom. The monoisotopic (exact) mass is 181 g/mol. The van der Waals surface area contributed by atoms with Crippen LogP contribution in [-0.2, 0) is 0 Å². The van der Waals surface area contributed by atoms with E-state index in [0.29, 0.717) is 5.41 Å². The van der Waals surface area contributed by atoms with Crippen LogP contribution in [0.2, 0.25) is 0 Å². The van der Waals surface area contributed by atoms with E-state index in [1.165, 1.54) is 19.3 Å². The van der Waals surface area contributed by atoms with E-state index in [4.69, 9.17) is 5.73 Å². The third-order valence-electron chi connectivity index (χ3n) is 4.58. The van der Waals surface area contributed by atoms with Crippen molar-refractivity contribution in [2.75, 3.05) is 6.54 Å². The second kappa shape index (κ2) is 2.29. The Hall–Kier alpha value is -0.0800. The Bertz CT molecular complexity index is 224. The molecule has 0 spiro atoms. The van der Waals surface area contributed by atoms with Crippen molar-refractivity contribution in [3.8, 4) is 0 Å². The Labute approximate surface area is 79.5 Å². The Kier molecular flexibility index (Phi) is 1.45. The Morgan fingerprint density at radius 1 is 1.15 bits per heavy atom. The number of hydrogen-bond donors (Lipinski definition) is 2. The summed E-state index contributed by atoms with van der Waals surface area (Å²) in [5.74, 6) is 1.57. The van der Waals surface area contributed by atoms with Gasteiger partial charge < -0.3 is 10.8 Å². The SMILES string of the molecule is NCC12C[C@@H]3C[C@@H](CC(O)(C3)C1)C2. The third-order valence-corrected chi connectivity index (χ3v) is 4.58. The van der Waals surface area contributed by atoms with Gasteiger partial charge in [-0.3, -0.25) is 0 Å². The average Bonchev–Trinajstić information content (AvgIpc) is 1.99. The van der Waals surface area contributed by atoms with E-state index in [1.807, 2.05) is 0 Å². The average molecular weight is 181 g/mol. The molecule has 4 fully saturated rings. The normalized spacial score (nSPS) is 58.6. The summed E-state index contributed by atoms with van der Waals surface area (Å²) in [6, 6.07) is 0. The fourth-order valence-corrected chi connectivity index (χ4v) is 4.64. The minimum Gasteiger partial charge on any atom is -0.390 e. The van der Waals surface area contributed by atoms with Crippen LogP contribution in [0.5, 0.6) is 0 Å². The van der Waals surface area contributed by atoms with Gasteiger partial charge in [-0.15, -0.1) is 0 Å². The molecule has 3 N–H and O–H groups in total. The molecule has 0 aromatic carbocycles. The predicted molar refractivity (Wildman–Crippen MR) is 51.1 cm³/mol. The van der Waals surface area contributed by atoms with E-state index in [0.717, 1.165) is 37.6 Å². The first kappa shape index (κ1) is 8.25. The van der Waals surface area contributed by atoms with Crippen molar-refractivity contribution in [3.63, 3.8) is 0 Å². The van der Waals surface area contributed by atoms with Crippen molar-refractivity contribution in [2.24, 2.45) is 23.0 Å². The van der Waals surface area contributed by atoms with Gasteiger partial charge in [-0.25, -0.2) is 0 Å². The zero-order valence-electron chi connectivity index (χ0n) is 8.13. The van der Waals surface area contributed by atoms with Crippen LogP contribution < -0.4 is 5.73 Å². The summed E-state index contributed by atoms with van der Waals surface area (Å²) < 4.78 is 0. The zero-order valence-corrected chi connectivity index (χ0v) is 8.13. The van der Waals surface area contributed by atoms with Crippen LogP contribution >= 0.6 is 0 Å². The molecule has 0 aromatic heterocycles. The van der Waals surface area contributed by atoms with Gasteiger partial charge in [-0.05, 0) is 62.3 Å². The molecule has 4 aliphatic carbocycles. The standard InChI is InChI=1S/C11H19NO/c12-7-10-2-8-1-9(3-10)5-11(13,4-8)6-10/h8-9,13H,1-7,12H2/t8-,9+,10?,11?. The highest BCUT2D eigenvalue weighted by Gasteiger charge is 2.56. The number of hydrogen-bond acceptors (Lipinski definition) is 2. The second-order valence-electron chi connectivity index (χ2n) is 5.89. The van der Waals surface area contributed by atoms with E-state index in [-0.39, 0.29) is 5.60 Å². The molecule has 0 aliphatic heterocycles. The molecule has 4 saturated carbocycles. The molecule has 0 heterocycles. The summed E-state index contributed by atoms with van der Waals surface area (Å²) >= 11 is 0. The van der Waals surface area contributed by atoms with Gasteiger partial charge in [0.15, 0.2) is 0 Å². The summed E-state index contributed by atoms with van der Waals surface area (Å²) in [4.78, 5) is 0. The van der Waals surface area contributed by atoms with Crippen LogP contribution in [0, 0.1) is 17.3 Å². The fraction of sp³-hybridized carbons (Fsp3) is 1.00. The van der Waals surface area contributed by atoms with E-state index in [2.05, 4.69) is 0 Å². The molecule has 0 saturated heterocycles. The lowest BCUT2D eigenvalue weighted by Gasteiger charge is -2.60. The summed E-state index contributed by atoms with van der Waals surface area (Å²) in [5, 5.41) is 10.3. The molecule has 74 valence electrons. The Morgan fingerprint density at radius 2 is 1.77 bits per heavy atom. The summed E-state index contributed by atoms with van der Waals surface area (Å²) in [6.45, 7) is 0.794. The van der Waals surface area contributed by atoms with E-state index >= 15 is 0 Å². The van der Waals surface area contributed by atoms with Gasteiger partial charge in [0.25, 0.3) is 0 Å². The highest BCUT2D eigenvalue weighted by molar-refractivity contribution is 5.08. The molecule has 2 nitrogen and oxygen atoms in total. The lowest BCUT2D eigenvalue weighted by Crippen LogP contribution is -2.57. The molecule has 4 rings (SSSR count). The van der Waals surface area contributed by atoms with Gasteiger partial charge >= 0.3 is 0 Å². The minimum atomic E-state index is -0.316. The molecule has 2 heteroatoms. The molecule has 0 aromatic rings. The highest BCUT2D eigenvalue weighted by atomic mass is 16.3. The zero-order chi connectivity index (χ0) is 9.10. The topological polar surface area (TPSA) is 46.2 Å². The third kappa shape index (κ3) is 1.08. The van der Waals surface area contributed by atoms with Crippen molar-refractivity contribution in [1.29, 1.82) is 0 Å². The molecule has 4 aliphatic rings. The molecule has 4 bridgehead atoms.